The number of hydrazone groups is 2. The van der Waals surface area contributed by atoms with Crippen LogP contribution in [-0.2, 0) is 15.0 Å². The summed E-state index contributed by atoms with van der Waals surface area (Å²) in [5.41, 5.74) is 3.16. The zero-order chi connectivity index (χ0) is 25.5. The van der Waals surface area contributed by atoms with Crippen molar-refractivity contribution in [2.75, 3.05) is 10.0 Å². The molecule has 0 bridgehead atoms. The average molecular weight is 475 g/mol. The van der Waals surface area contributed by atoms with E-state index in [1.54, 1.807) is 13.8 Å². The molecular weight excluding hydrogens is 448 g/mol. The van der Waals surface area contributed by atoms with E-state index in [2.05, 4.69) is 41.2 Å². The van der Waals surface area contributed by atoms with Crippen molar-refractivity contribution in [1.82, 2.24) is 0 Å². The number of amides is 2. The fourth-order valence-corrected chi connectivity index (χ4v) is 3.73. The van der Waals surface area contributed by atoms with Gasteiger partial charge in [0.05, 0.1) is 28.4 Å². The highest BCUT2D eigenvalue weighted by Gasteiger charge is 2.38. The number of carbonyl (C=O) groups is 3. The van der Waals surface area contributed by atoms with Gasteiger partial charge in [0, 0.05) is 0 Å². The molecule has 0 radical (unpaired) electrons. The Morgan fingerprint density at radius 1 is 0.800 bits per heavy atom. The zero-order valence-electron chi connectivity index (χ0n) is 20.1. The highest BCUT2D eigenvalue weighted by atomic mass is 16.4. The average Bonchev–Trinajstić information content (AvgIpc) is 3.26. The monoisotopic (exact) mass is 474 g/mol. The van der Waals surface area contributed by atoms with Gasteiger partial charge in [-0.1, -0.05) is 32.9 Å². The molecule has 10 nitrogen and oxygen atoms in total. The van der Waals surface area contributed by atoms with Gasteiger partial charge in [-0.2, -0.15) is 30.4 Å². The molecule has 1 N–H and O–H groups in total. The minimum atomic E-state index is -1.06. The topological polar surface area (TPSA) is 127 Å². The molecule has 35 heavy (non-hydrogen) atoms. The van der Waals surface area contributed by atoms with Crippen molar-refractivity contribution in [3.63, 3.8) is 0 Å². The van der Waals surface area contributed by atoms with Crippen LogP contribution >= 0.6 is 0 Å². The van der Waals surface area contributed by atoms with Crippen molar-refractivity contribution in [2.45, 2.75) is 52.1 Å². The molecule has 2 aliphatic heterocycles. The fourth-order valence-electron chi connectivity index (χ4n) is 3.73. The largest absolute Gasteiger partial charge is 0.478 e. The van der Waals surface area contributed by atoms with E-state index < -0.39 is 24.0 Å². The molecular formula is C25H26N6O4. The smallest absolute Gasteiger partial charge is 0.335 e. The van der Waals surface area contributed by atoms with Crippen molar-refractivity contribution < 1.29 is 19.5 Å². The predicted octanol–water partition coefficient (Wildman–Crippen LogP) is 4.02. The van der Waals surface area contributed by atoms with Crippen molar-refractivity contribution >= 4 is 40.6 Å². The van der Waals surface area contributed by atoms with Crippen LogP contribution in [0.1, 0.15) is 50.5 Å². The standard InChI is InChI=1S/C25H26N6O4/c1-14-20(22(32)30(28-14)18-10-6-16(7-11-18)24(34)35)26-27-21-15(2)29-31(23(21)33)19-12-8-17(9-13-19)25(3,4)5/h6-13,20-21H,1-5H3,(H,34,35). The van der Waals surface area contributed by atoms with E-state index in [9.17, 15) is 14.4 Å². The zero-order valence-corrected chi connectivity index (χ0v) is 20.1. The van der Waals surface area contributed by atoms with E-state index in [-0.39, 0.29) is 16.9 Å². The molecule has 0 aromatic heterocycles. The van der Waals surface area contributed by atoms with Crippen LogP contribution in [0.15, 0.2) is 69.0 Å². The van der Waals surface area contributed by atoms with E-state index in [1.165, 1.54) is 29.3 Å². The van der Waals surface area contributed by atoms with Gasteiger partial charge in [0.15, 0.2) is 12.1 Å². The van der Waals surface area contributed by atoms with Crippen LogP contribution in [0.3, 0.4) is 0 Å². The Bertz CT molecular complexity index is 1270. The van der Waals surface area contributed by atoms with Crippen molar-refractivity contribution in [2.24, 2.45) is 20.4 Å². The molecule has 2 unspecified atom stereocenters. The minimum absolute atomic E-state index is 0.0110. The maximum Gasteiger partial charge on any atom is 0.335 e. The molecule has 2 aromatic carbocycles. The molecule has 2 heterocycles. The normalized spacial score (nSPS) is 20.6. The second-order valence-electron chi connectivity index (χ2n) is 9.47. The number of carboxylic acids is 1. The number of benzene rings is 2. The van der Waals surface area contributed by atoms with Gasteiger partial charge < -0.3 is 5.11 Å². The Hall–Kier alpha value is -4.21. The molecule has 0 saturated heterocycles. The van der Waals surface area contributed by atoms with Crippen LogP contribution in [0.2, 0.25) is 0 Å². The lowest BCUT2D eigenvalue weighted by Gasteiger charge is -2.20. The van der Waals surface area contributed by atoms with E-state index in [1.807, 2.05) is 24.3 Å². The summed E-state index contributed by atoms with van der Waals surface area (Å²) in [6.45, 7) is 9.68. The number of aromatic carboxylic acids is 1. The molecule has 2 atom stereocenters. The van der Waals surface area contributed by atoms with Crippen molar-refractivity contribution in [1.29, 1.82) is 0 Å². The molecule has 10 heteroatoms. The van der Waals surface area contributed by atoms with Gasteiger partial charge in [-0.05, 0) is 61.2 Å². The third-order valence-electron chi connectivity index (χ3n) is 5.83. The van der Waals surface area contributed by atoms with Crippen LogP contribution in [0.25, 0.3) is 0 Å². The van der Waals surface area contributed by atoms with Crippen molar-refractivity contribution in [3.8, 4) is 0 Å². The number of carbonyl (C=O) groups excluding carboxylic acids is 2. The first-order chi connectivity index (χ1) is 16.5. The Morgan fingerprint density at radius 3 is 1.57 bits per heavy atom. The number of anilines is 2. The first-order valence-electron chi connectivity index (χ1n) is 11.1. The molecule has 2 aromatic rings. The maximum absolute atomic E-state index is 13.0. The summed E-state index contributed by atoms with van der Waals surface area (Å²) in [5, 5.41) is 28.4. The number of hydrogen-bond donors (Lipinski definition) is 1. The number of hydrogen-bond acceptors (Lipinski definition) is 7. The first kappa shape index (κ1) is 23.9. The minimum Gasteiger partial charge on any atom is -0.478 e. The number of azo groups is 1. The third kappa shape index (κ3) is 4.59. The molecule has 2 amide bonds. The maximum atomic E-state index is 13.0. The number of rotatable bonds is 5. The molecule has 0 saturated carbocycles. The summed E-state index contributed by atoms with van der Waals surface area (Å²) in [6, 6.07) is 11.5. The molecule has 0 spiro atoms. The lowest BCUT2D eigenvalue weighted by molar-refractivity contribution is -0.119. The summed E-state index contributed by atoms with van der Waals surface area (Å²) in [4.78, 5) is 37.0. The molecule has 0 aliphatic carbocycles. The van der Waals surface area contributed by atoms with E-state index in [0.29, 0.717) is 22.8 Å². The van der Waals surface area contributed by atoms with Gasteiger partial charge in [-0.15, -0.1) is 0 Å². The second-order valence-corrected chi connectivity index (χ2v) is 9.47. The molecule has 4 rings (SSSR count). The summed E-state index contributed by atoms with van der Waals surface area (Å²) in [5.74, 6) is -1.85. The number of carboxylic acid groups (broad SMARTS) is 1. The van der Waals surface area contributed by atoms with Crippen LogP contribution in [0.4, 0.5) is 11.4 Å². The van der Waals surface area contributed by atoms with Crippen LogP contribution < -0.4 is 10.0 Å². The first-order valence-corrected chi connectivity index (χ1v) is 11.1. The predicted molar refractivity (Wildman–Crippen MR) is 132 cm³/mol. The van der Waals surface area contributed by atoms with E-state index in [0.717, 1.165) is 10.6 Å². The van der Waals surface area contributed by atoms with Crippen molar-refractivity contribution in [3.05, 3.63) is 59.7 Å². The summed E-state index contributed by atoms with van der Waals surface area (Å²) in [7, 11) is 0. The Kier molecular flexibility index (Phi) is 6.06. The number of nitrogens with zero attached hydrogens (tertiary/aromatic N) is 6. The van der Waals surface area contributed by atoms with Gasteiger partial charge in [0.2, 0.25) is 0 Å². The summed E-state index contributed by atoms with van der Waals surface area (Å²) in [6.07, 6.45) is 0. The highest BCUT2D eigenvalue weighted by molar-refractivity contribution is 6.19. The Labute approximate surface area is 202 Å². The third-order valence-corrected chi connectivity index (χ3v) is 5.83. The SMILES string of the molecule is CC1=NN(c2ccc(C(=O)O)cc2)C(=O)C1N=NC1C(=O)N(c2ccc(C(C)(C)C)cc2)N=C1C. The fraction of sp³-hybridized carbons (Fsp3) is 0.320. The van der Waals surface area contributed by atoms with Gasteiger partial charge in [-0.3, -0.25) is 9.59 Å². The summed E-state index contributed by atoms with van der Waals surface area (Å²) < 4.78 is 0. The van der Waals surface area contributed by atoms with Crippen LogP contribution in [0, 0.1) is 0 Å². The van der Waals surface area contributed by atoms with Gasteiger partial charge in [0.1, 0.15) is 0 Å². The quantitative estimate of drug-likeness (QED) is 0.657. The highest BCUT2D eigenvalue weighted by Crippen LogP contribution is 2.28. The van der Waals surface area contributed by atoms with E-state index >= 15 is 0 Å². The Balaban J connectivity index is 1.48. The van der Waals surface area contributed by atoms with Gasteiger partial charge >= 0.3 is 5.97 Å². The van der Waals surface area contributed by atoms with E-state index in [4.69, 9.17) is 5.11 Å². The van der Waals surface area contributed by atoms with Gasteiger partial charge in [-0.25, -0.2) is 4.79 Å². The van der Waals surface area contributed by atoms with Gasteiger partial charge in [0.25, 0.3) is 11.8 Å². The lowest BCUT2D eigenvalue weighted by Crippen LogP contribution is -2.32. The molecule has 0 fully saturated rings. The molecule has 180 valence electrons. The Morgan fingerprint density at radius 2 is 1.20 bits per heavy atom. The van der Waals surface area contributed by atoms with Crippen LogP contribution in [0.5, 0.6) is 0 Å². The molecule has 2 aliphatic rings. The van der Waals surface area contributed by atoms with Crippen LogP contribution in [-0.4, -0.2) is 46.4 Å². The second kappa shape index (κ2) is 8.86. The lowest BCUT2D eigenvalue weighted by atomic mass is 9.87. The summed E-state index contributed by atoms with van der Waals surface area (Å²) >= 11 is 0.